The third-order valence-corrected chi connectivity index (χ3v) is 3.89. The number of ether oxygens (including phenoxy) is 1. The molecule has 0 saturated heterocycles. The van der Waals surface area contributed by atoms with Gasteiger partial charge in [-0.3, -0.25) is 9.89 Å². The first kappa shape index (κ1) is 14.8. The average Bonchev–Trinajstić information content (AvgIpc) is 3.12. The molecule has 1 aliphatic rings. The highest BCUT2D eigenvalue weighted by Gasteiger charge is 2.29. The summed E-state index contributed by atoms with van der Waals surface area (Å²) < 4.78 is 7.72. The molecule has 0 aromatic carbocycles. The van der Waals surface area contributed by atoms with Gasteiger partial charge >= 0.3 is 0 Å². The number of fused-ring (bicyclic) bond motifs is 1. The molecule has 1 amide bonds. The summed E-state index contributed by atoms with van der Waals surface area (Å²) >= 11 is 0. The summed E-state index contributed by atoms with van der Waals surface area (Å²) in [6, 6.07) is 0. The predicted octanol–water partition coefficient (Wildman–Crippen LogP) is 1.45. The van der Waals surface area contributed by atoms with Crippen molar-refractivity contribution in [3.05, 3.63) is 35.7 Å². The Labute approximate surface area is 129 Å². The summed E-state index contributed by atoms with van der Waals surface area (Å²) in [5, 5.41) is 10.1. The van der Waals surface area contributed by atoms with Gasteiger partial charge in [0.15, 0.2) is 5.69 Å². The molecule has 2 atom stereocenters. The van der Waals surface area contributed by atoms with Crippen molar-refractivity contribution in [3.8, 4) is 0 Å². The van der Waals surface area contributed by atoms with Crippen molar-refractivity contribution in [1.29, 1.82) is 0 Å². The fourth-order valence-electron chi connectivity index (χ4n) is 2.83. The molecule has 7 nitrogen and oxygen atoms in total. The molecule has 22 heavy (non-hydrogen) atoms. The van der Waals surface area contributed by atoms with E-state index < -0.39 is 0 Å². The fourth-order valence-corrected chi connectivity index (χ4v) is 2.83. The van der Waals surface area contributed by atoms with Gasteiger partial charge in [-0.1, -0.05) is 0 Å². The van der Waals surface area contributed by atoms with E-state index in [4.69, 9.17) is 4.74 Å². The molecule has 0 saturated carbocycles. The topological polar surface area (TPSA) is 84.8 Å². The molecule has 0 spiro atoms. The first-order valence-electron chi connectivity index (χ1n) is 7.61. The normalized spacial score (nSPS) is 20.6. The Hall–Kier alpha value is -2.15. The van der Waals surface area contributed by atoms with E-state index in [-0.39, 0.29) is 18.1 Å². The van der Waals surface area contributed by atoms with Crippen LogP contribution in [0.3, 0.4) is 0 Å². The Morgan fingerprint density at radius 3 is 3.18 bits per heavy atom. The van der Waals surface area contributed by atoms with E-state index >= 15 is 0 Å². The summed E-state index contributed by atoms with van der Waals surface area (Å²) in [5.41, 5.74) is 2.40. The molecule has 2 aromatic rings. The van der Waals surface area contributed by atoms with E-state index in [9.17, 15) is 4.79 Å². The minimum Gasteiger partial charge on any atom is -0.369 e. The third kappa shape index (κ3) is 3.04. The minimum absolute atomic E-state index is 0.0472. The number of amides is 1. The Balaban J connectivity index is 1.56. The van der Waals surface area contributed by atoms with E-state index in [1.165, 1.54) is 0 Å². The predicted molar refractivity (Wildman–Crippen MR) is 80.4 cm³/mol. The highest BCUT2D eigenvalue weighted by molar-refractivity contribution is 5.94. The number of nitrogens with one attached hydrogen (secondary N) is 2. The van der Waals surface area contributed by atoms with Gasteiger partial charge < -0.3 is 14.6 Å². The lowest BCUT2D eigenvalue weighted by Crippen LogP contribution is -2.28. The number of aromatic nitrogens is 4. The van der Waals surface area contributed by atoms with Crippen LogP contribution in [-0.2, 0) is 17.7 Å². The SMILES string of the molecule is C[C@@H]1Cc2c(C(=O)NCCCn3ccnc3)n[nH]c2[C@H](C)O1. The monoisotopic (exact) mass is 303 g/mol. The Morgan fingerprint density at radius 1 is 1.55 bits per heavy atom. The number of carbonyl (C=O) groups excluding carboxylic acids is 1. The van der Waals surface area contributed by atoms with Crippen molar-refractivity contribution in [1.82, 2.24) is 25.1 Å². The van der Waals surface area contributed by atoms with E-state index in [0.717, 1.165) is 24.2 Å². The molecule has 0 fully saturated rings. The van der Waals surface area contributed by atoms with Crippen LogP contribution >= 0.6 is 0 Å². The maximum absolute atomic E-state index is 12.3. The molecule has 3 rings (SSSR count). The van der Waals surface area contributed by atoms with Gasteiger partial charge in [0.2, 0.25) is 0 Å². The third-order valence-electron chi connectivity index (χ3n) is 3.89. The summed E-state index contributed by atoms with van der Waals surface area (Å²) in [7, 11) is 0. The number of rotatable bonds is 5. The van der Waals surface area contributed by atoms with E-state index in [2.05, 4.69) is 20.5 Å². The second kappa shape index (κ2) is 6.31. The van der Waals surface area contributed by atoms with Crippen LogP contribution in [0.2, 0.25) is 0 Å². The first-order valence-corrected chi connectivity index (χ1v) is 7.61. The summed E-state index contributed by atoms with van der Waals surface area (Å²) in [6.45, 7) is 5.43. The van der Waals surface area contributed by atoms with Crippen molar-refractivity contribution in [2.75, 3.05) is 6.54 Å². The van der Waals surface area contributed by atoms with E-state index in [1.54, 1.807) is 12.5 Å². The van der Waals surface area contributed by atoms with Gasteiger partial charge in [0.05, 0.1) is 24.2 Å². The van der Waals surface area contributed by atoms with E-state index in [1.807, 2.05) is 24.6 Å². The summed E-state index contributed by atoms with van der Waals surface area (Å²) in [6.07, 6.45) is 7.06. The van der Waals surface area contributed by atoms with Crippen LogP contribution in [0.1, 0.15) is 48.1 Å². The second-order valence-corrected chi connectivity index (χ2v) is 5.67. The number of hydrogen-bond donors (Lipinski definition) is 2. The quantitative estimate of drug-likeness (QED) is 0.819. The summed E-state index contributed by atoms with van der Waals surface area (Å²) in [5.74, 6) is -0.121. The number of imidazole rings is 1. The van der Waals surface area contributed by atoms with Crippen LogP contribution < -0.4 is 5.32 Å². The lowest BCUT2D eigenvalue weighted by atomic mass is 9.99. The molecule has 118 valence electrons. The standard InChI is InChI=1S/C15H21N5O2/c1-10-8-12-13(11(2)22-10)18-19-14(12)15(21)17-4-3-6-20-7-5-16-9-20/h5,7,9-11H,3-4,6,8H2,1-2H3,(H,17,21)(H,18,19)/t10-,11+/m1/s1. The molecular formula is C15H21N5O2. The van der Waals surface area contributed by atoms with Crippen molar-refractivity contribution in [2.45, 2.75) is 45.4 Å². The first-order chi connectivity index (χ1) is 10.6. The molecular weight excluding hydrogens is 282 g/mol. The van der Waals surface area contributed by atoms with Gasteiger partial charge in [0, 0.05) is 37.5 Å². The van der Waals surface area contributed by atoms with Gasteiger partial charge in [-0.15, -0.1) is 0 Å². The molecule has 0 radical (unpaired) electrons. The zero-order chi connectivity index (χ0) is 15.5. The van der Waals surface area contributed by atoms with Gasteiger partial charge in [0.25, 0.3) is 5.91 Å². The van der Waals surface area contributed by atoms with Gasteiger partial charge in [-0.25, -0.2) is 4.98 Å². The molecule has 1 aliphatic heterocycles. The maximum Gasteiger partial charge on any atom is 0.272 e. The van der Waals surface area contributed by atoms with Gasteiger partial charge in [-0.2, -0.15) is 5.10 Å². The summed E-state index contributed by atoms with van der Waals surface area (Å²) in [4.78, 5) is 16.3. The van der Waals surface area contributed by atoms with Crippen molar-refractivity contribution >= 4 is 5.91 Å². The fraction of sp³-hybridized carbons (Fsp3) is 0.533. The lowest BCUT2D eigenvalue weighted by Gasteiger charge is -2.25. The number of aromatic amines is 1. The number of carbonyl (C=O) groups is 1. The Bertz CT molecular complexity index is 634. The number of nitrogens with zero attached hydrogens (tertiary/aromatic N) is 3. The Kier molecular flexibility index (Phi) is 4.24. The van der Waals surface area contributed by atoms with Gasteiger partial charge in [-0.05, 0) is 20.3 Å². The van der Waals surface area contributed by atoms with Crippen LogP contribution in [0, 0.1) is 0 Å². The molecule has 0 aliphatic carbocycles. The largest absolute Gasteiger partial charge is 0.369 e. The minimum atomic E-state index is -0.121. The van der Waals surface area contributed by atoms with Crippen LogP contribution in [0.5, 0.6) is 0 Å². The molecule has 2 aromatic heterocycles. The lowest BCUT2D eigenvalue weighted by molar-refractivity contribution is -0.00697. The molecule has 7 heteroatoms. The Morgan fingerprint density at radius 2 is 2.41 bits per heavy atom. The molecule has 2 N–H and O–H groups in total. The number of H-pyrrole nitrogens is 1. The van der Waals surface area contributed by atoms with Crippen LogP contribution in [0.15, 0.2) is 18.7 Å². The van der Waals surface area contributed by atoms with Crippen molar-refractivity contribution in [2.24, 2.45) is 0 Å². The molecule has 3 heterocycles. The van der Waals surface area contributed by atoms with Crippen LogP contribution in [0.4, 0.5) is 0 Å². The molecule has 0 unspecified atom stereocenters. The zero-order valence-corrected chi connectivity index (χ0v) is 12.9. The number of aryl methyl sites for hydroxylation is 1. The zero-order valence-electron chi connectivity index (χ0n) is 12.9. The smallest absolute Gasteiger partial charge is 0.272 e. The van der Waals surface area contributed by atoms with Gasteiger partial charge in [0.1, 0.15) is 0 Å². The second-order valence-electron chi connectivity index (χ2n) is 5.67. The van der Waals surface area contributed by atoms with Crippen LogP contribution in [0.25, 0.3) is 0 Å². The van der Waals surface area contributed by atoms with Crippen molar-refractivity contribution < 1.29 is 9.53 Å². The molecule has 0 bridgehead atoms. The number of hydrogen-bond acceptors (Lipinski definition) is 4. The van der Waals surface area contributed by atoms with Crippen LogP contribution in [-0.4, -0.2) is 38.3 Å². The van der Waals surface area contributed by atoms with E-state index in [0.29, 0.717) is 18.7 Å². The van der Waals surface area contributed by atoms with Crippen molar-refractivity contribution in [3.63, 3.8) is 0 Å². The highest BCUT2D eigenvalue weighted by Crippen LogP contribution is 2.29. The maximum atomic E-state index is 12.3. The average molecular weight is 303 g/mol. The highest BCUT2D eigenvalue weighted by atomic mass is 16.5.